The van der Waals surface area contributed by atoms with E-state index < -0.39 is 10.0 Å². The topological polar surface area (TPSA) is 84.9 Å². The van der Waals surface area contributed by atoms with E-state index in [2.05, 4.69) is 19.2 Å². The summed E-state index contributed by atoms with van der Waals surface area (Å²) in [7, 11) is -2.04. The van der Waals surface area contributed by atoms with Gasteiger partial charge in [-0.05, 0) is 42.2 Å². The zero-order chi connectivity index (χ0) is 23.7. The second kappa shape index (κ2) is 12.0. The molecule has 0 fully saturated rings. The molecular weight excluding hydrogens is 452 g/mol. The highest BCUT2D eigenvalue weighted by atomic mass is 35.5. The molecule has 0 unspecified atom stereocenters. The second-order valence-electron chi connectivity index (χ2n) is 7.65. The zero-order valence-corrected chi connectivity index (χ0v) is 20.5. The van der Waals surface area contributed by atoms with Gasteiger partial charge in [0.15, 0.2) is 0 Å². The van der Waals surface area contributed by atoms with Gasteiger partial charge in [0.2, 0.25) is 15.9 Å². The summed E-state index contributed by atoms with van der Waals surface area (Å²) in [4.78, 5) is 12.2. The van der Waals surface area contributed by atoms with Gasteiger partial charge in [-0.25, -0.2) is 8.42 Å². The van der Waals surface area contributed by atoms with Crippen LogP contribution in [0.25, 0.3) is 0 Å². The van der Waals surface area contributed by atoms with Gasteiger partial charge in [-0.2, -0.15) is 0 Å². The highest BCUT2D eigenvalue weighted by Gasteiger charge is 2.19. The van der Waals surface area contributed by atoms with E-state index in [0.717, 1.165) is 17.6 Å². The largest absolute Gasteiger partial charge is 0.495 e. The molecule has 0 aliphatic heterocycles. The maximum Gasteiger partial charge on any atom is 0.232 e. The molecule has 1 amide bonds. The van der Waals surface area contributed by atoms with E-state index in [1.807, 2.05) is 24.3 Å². The summed E-state index contributed by atoms with van der Waals surface area (Å²) in [5, 5.41) is 3.12. The van der Waals surface area contributed by atoms with Crippen molar-refractivity contribution in [2.24, 2.45) is 0 Å². The van der Waals surface area contributed by atoms with Gasteiger partial charge in [-0.3, -0.25) is 9.10 Å². The first-order valence-electron chi connectivity index (χ1n) is 10.4. The minimum Gasteiger partial charge on any atom is -0.495 e. The molecule has 2 aromatic carbocycles. The molecule has 9 heteroatoms. The van der Waals surface area contributed by atoms with E-state index in [0.29, 0.717) is 41.9 Å². The monoisotopic (exact) mass is 482 g/mol. The molecule has 0 radical (unpaired) electrons. The van der Waals surface area contributed by atoms with Gasteiger partial charge in [0.25, 0.3) is 0 Å². The van der Waals surface area contributed by atoms with Crippen LogP contribution in [0.2, 0.25) is 5.02 Å². The first kappa shape index (κ1) is 25.8. The summed E-state index contributed by atoms with van der Waals surface area (Å²) in [6, 6.07) is 12.6. The van der Waals surface area contributed by atoms with Gasteiger partial charge >= 0.3 is 0 Å². The lowest BCUT2D eigenvalue weighted by molar-refractivity contribution is -0.121. The van der Waals surface area contributed by atoms with E-state index in [1.165, 1.54) is 17.5 Å². The number of sulfonamides is 1. The van der Waals surface area contributed by atoms with Crippen LogP contribution in [0, 0.1) is 0 Å². The number of nitrogens with one attached hydrogen (secondary N) is 1. The van der Waals surface area contributed by atoms with E-state index in [-0.39, 0.29) is 18.9 Å². The van der Waals surface area contributed by atoms with Crippen molar-refractivity contribution in [3.8, 4) is 11.5 Å². The SMILES string of the molecule is COc1ccc(N(CCCC(=O)NCCOc2ccccc2C(C)C)S(C)(=O)=O)cc1Cl. The quantitative estimate of drug-likeness (QED) is 0.458. The van der Waals surface area contributed by atoms with Gasteiger partial charge in [0, 0.05) is 13.0 Å². The fourth-order valence-electron chi connectivity index (χ4n) is 3.21. The van der Waals surface area contributed by atoms with Crippen molar-refractivity contribution in [3.05, 3.63) is 53.1 Å². The summed E-state index contributed by atoms with van der Waals surface area (Å²) in [6.07, 6.45) is 1.68. The lowest BCUT2D eigenvalue weighted by atomic mass is 10.0. The van der Waals surface area contributed by atoms with Crippen LogP contribution >= 0.6 is 11.6 Å². The van der Waals surface area contributed by atoms with Crippen LogP contribution < -0.4 is 19.1 Å². The molecule has 32 heavy (non-hydrogen) atoms. The Kier molecular flexibility index (Phi) is 9.65. The molecular formula is C23H31ClN2O5S. The maximum atomic E-state index is 12.2. The molecule has 7 nitrogen and oxygen atoms in total. The maximum absolute atomic E-state index is 12.2. The molecule has 0 spiro atoms. The van der Waals surface area contributed by atoms with Crippen molar-refractivity contribution in [2.45, 2.75) is 32.6 Å². The van der Waals surface area contributed by atoms with Crippen LogP contribution in [0.15, 0.2) is 42.5 Å². The molecule has 0 bridgehead atoms. The molecule has 0 saturated carbocycles. The Hall–Kier alpha value is -2.45. The first-order chi connectivity index (χ1) is 15.1. The molecule has 0 aromatic heterocycles. The number of nitrogens with zero attached hydrogens (tertiary/aromatic N) is 1. The Morgan fingerprint density at radius 3 is 2.50 bits per heavy atom. The Morgan fingerprint density at radius 1 is 1.16 bits per heavy atom. The van der Waals surface area contributed by atoms with Crippen molar-refractivity contribution in [2.75, 3.05) is 37.4 Å². The molecule has 2 rings (SSSR count). The van der Waals surface area contributed by atoms with Crippen molar-refractivity contribution in [1.82, 2.24) is 5.32 Å². The lowest BCUT2D eigenvalue weighted by Gasteiger charge is -2.23. The number of carbonyl (C=O) groups excluding carboxylic acids is 1. The van der Waals surface area contributed by atoms with Gasteiger partial charge in [0.1, 0.15) is 18.1 Å². The van der Waals surface area contributed by atoms with E-state index in [9.17, 15) is 13.2 Å². The van der Waals surface area contributed by atoms with Crippen LogP contribution in [0.4, 0.5) is 5.69 Å². The summed E-state index contributed by atoms with van der Waals surface area (Å²) in [6.45, 7) is 5.09. The minimum atomic E-state index is -3.53. The van der Waals surface area contributed by atoms with Gasteiger partial charge in [-0.15, -0.1) is 0 Å². The Balaban J connectivity index is 1.82. The van der Waals surface area contributed by atoms with Crippen LogP contribution in [-0.4, -0.2) is 47.4 Å². The number of halogens is 1. The Morgan fingerprint density at radius 2 is 1.88 bits per heavy atom. The van der Waals surface area contributed by atoms with Crippen LogP contribution in [0.3, 0.4) is 0 Å². The molecule has 2 aromatic rings. The minimum absolute atomic E-state index is 0.160. The fraction of sp³-hybridized carbons (Fsp3) is 0.435. The average Bonchev–Trinajstić information content (AvgIpc) is 2.73. The van der Waals surface area contributed by atoms with E-state index in [4.69, 9.17) is 21.1 Å². The third-order valence-corrected chi connectivity index (χ3v) is 6.30. The molecule has 0 aliphatic rings. The Bertz CT molecular complexity index is 1010. The molecule has 0 atom stereocenters. The smallest absolute Gasteiger partial charge is 0.232 e. The summed E-state index contributed by atoms with van der Waals surface area (Å²) in [5.41, 5.74) is 1.55. The van der Waals surface area contributed by atoms with Gasteiger partial charge in [0.05, 0.1) is 30.6 Å². The summed E-state index contributed by atoms with van der Waals surface area (Å²) in [5.74, 6) is 1.46. The number of hydrogen-bond acceptors (Lipinski definition) is 5. The lowest BCUT2D eigenvalue weighted by Crippen LogP contribution is -2.33. The highest BCUT2D eigenvalue weighted by Crippen LogP contribution is 2.30. The van der Waals surface area contributed by atoms with Crippen molar-refractivity contribution < 1.29 is 22.7 Å². The number of para-hydroxylation sites is 1. The van der Waals surface area contributed by atoms with Crippen molar-refractivity contribution >= 4 is 33.2 Å². The predicted octanol–water partition coefficient (Wildman–Crippen LogP) is 4.21. The van der Waals surface area contributed by atoms with Crippen LogP contribution in [0.1, 0.15) is 38.2 Å². The zero-order valence-electron chi connectivity index (χ0n) is 18.9. The van der Waals surface area contributed by atoms with Crippen molar-refractivity contribution in [1.29, 1.82) is 0 Å². The molecule has 0 saturated heterocycles. The van der Waals surface area contributed by atoms with Crippen molar-refractivity contribution in [3.63, 3.8) is 0 Å². The van der Waals surface area contributed by atoms with E-state index in [1.54, 1.807) is 12.1 Å². The standard InChI is InChI=1S/C23H31ClN2O5S/c1-17(2)19-8-5-6-9-21(19)31-15-13-25-23(27)10-7-14-26(32(4,28)29)18-11-12-22(30-3)20(24)16-18/h5-6,8-9,11-12,16-17H,7,10,13-15H2,1-4H3,(H,25,27). The molecule has 176 valence electrons. The molecule has 1 N–H and O–H groups in total. The van der Waals surface area contributed by atoms with Gasteiger partial charge in [-0.1, -0.05) is 43.6 Å². The molecule has 0 aliphatic carbocycles. The Labute approximate surface area is 195 Å². The number of ether oxygens (including phenoxy) is 2. The number of benzene rings is 2. The number of anilines is 1. The normalized spacial score (nSPS) is 11.3. The number of hydrogen-bond donors (Lipinski definition) is 1. The highest BCUT2D eigenvalue weighted by molar-refractivity contribution is 7.92. The number of rotatable bonds is 12. The number of carbonyl (C=O) groups is 1. The van der Waals surface area contributed by atoms with Crippen LogP contribution in [0.5, 0.6) is 11.5 Å². The predicted molar refractivity (Wildman–Crippen MR) is 128 cm³/mol. The van der Waals surface area contributed by atoms with E-state index >= 15 is 0 Å². The summed E-state index contributed by atoms with van der Waals surface area (Å²) >= 11 is 6.13. The number of amides is 1. The number of methoxy groups -OCH3 is 1. The molecule has 0 heterocycles. The first-order valence-corrected chi connectivity index (χ1v) is 12.7. The van der Waals surface area contributed by atoms with Gasteiger partial charge < -0.3 is 14.8 Å². The van der Waals surface area contributed by atoms with Crippen LogP contribution in [-0.2, 0) is 14.8 Å². The third kappa shape index (κ3) is 7.60. The third-order valence-electron chi connectivity index (χ3n) is 4.81. The summed E-state index contributed by atoms with van der Waals surface area (Å²) < 4.78 is 36.6. The average molecular weight is 483 g/mol. The fourth-order valence-corrected chi connectivity index (χ4v) is 4.42. The second-order valence-corrected chi connectivity index (χ2v) is 9.96.